The van der Waals surface area contributed by atoms with Crippen LogP contribution in [-0.2, 0) is 11.2 Å². The Bertz CT molecular complexity index is 394. The lowest BCUT2D eigenvalue weighted by molar-refractivity contribution is -0.129. The van der Waals surface area contributed by atoms with Crippen LogP contribution < -0.4 is 5.32 Å². The highest BCUT2D eigenvalue weighted by molar-refractivity contribution is 5.82. The molecular weight excluding hydrogens is 238 g/mol. The molecule has 1 N–H and O–H groups in total. The van der Waals surface area contributed by atoms with Crippen LogP contribution in [0.3, 0.4) is 0 Å². The molecule has 0 radical (unpaired) electrons. The van der Waals surface area contributed by atoms with Gasteiger partial charge in [-0.25, -0.2) is 0 Å². The van der Waals surface area contributed by atoms with E-state index in [1.165, 1.54) is 5.56 Å². The predicted octanol–water partition coefficient (Wildman–Crippen LogP) is 1.61. The van der Waals surface area contributed by atoms with E-state index >= 15 is 0 Å². The summed E-state index contributed by atoms with van der Waals surface area (Å²) >= 11 is 0. The van der Waals surface area contributed by atoms with Crippen LogP contribution in [0.15, 0.2) is 24.5 Å². The van der Waals surface area contributed by atoms with Gasteiger partial charge in [-0.3, -0.25) is 14.7 Å². The molecule has 2 heterocycles. The predicted molar refractivity (Wildman–Crippen MR) is 75.8 cm³/mol. The summed E-state index contributed by atoms with van der Waals surface area (Å²) < 4.78 is 0. The molecule has 0 aliphatic carbocycles. The molecule has 0 spiro atoms. The molecule has 1 aliphatic rings. The van der Waals surface area contributed by atoms with Crippen molar-refractivity contribution in [2.24, 2.45) is 0 Å². The molecule has 104 valence electrons. The number of hydrogen-bond acceptors (Lipinski definition) is 3. The minimum atomic E-state index is 0.0653. The largest absolute Gasteiger partial charge is 0.353 e. The Morgan fingerprint density at radius 2 is 2.21 bits per heavy atom. The summed E-state index contributed by atoms with van der Waals surface area (Å²) in [6.07, 6.45) is 7.86. The Labute approximate surface area is 115 Å². The maximum atomic E-state index is 12.0. The summed E-state index contributed by atoms with van der Waals surface area (Å²) in [4.78, 5) is 18.3. The summed E-state index contributed by atoms with van der Waals surface area (Å²) in [5.74, 6) is 0.203. The molecular formula is C15H23N3O. The van der Waals surface area contributed by atoms with E-state index in [1.54, 1.807) is 0 Å². The van der Waals surface area contributed by atoms with Crippen LogP contribution in [-0.4, -0.2) is 41.5 Å². The van der Waals surface area contributed by atoms with Crippen molar-refractivity contribution >= 4 is 5.91 Å². The van der Waals surface area contributed by atoms with Gasteiger partial charge in [0.2, 0.25) is 5.91 Å². The Balaban J connectivity index is 1.90. The van der Waals surface area contributed by atoms with Crippen molar-refractivity contribution in [2.45, 2.75) is 38.6 Å². The summed E-state index contributed by atoms with van der Waals surface area (Å²) in [6.45, 7) is 4.86. The van der Waals surface area contributed by atoms with Gasteiger partial charge >= 0.3 is 0 Å². The number of piperazine rings is 1. The van der Waals surface area contributed by atoms with Gasteiger partial charge in [-0.2, -0.15) is 0 Å². The maximum Gasteiger partial charge on any atom is 0.237 e. The van der Waals surface area contributed by atoms with E-state index in [9.17, 15) is 4.79 Å². The number of aromatic nitrogens is 1. The number of amides is 1. The van der Waals surface area contributed by atoms with Crippen LogP contribution in [0.5, 0.6) is 0 Å². The van der Waals surface area contributed by atoms with Crippen molar-refractivity contribution in [1.29, 1.82) is 0 Å². The topological polar surface area (TPSA) is 45.2 Å². The van der Waals surface area contributed by atoms with Gasteiger partial charge in [0, 0.05) is 32.0 Å². The minimum Gasteiger partial charge on any atom is -0.353 e. The SMILES string of the molecule is CCCC[C@H]1C(=O)NCCN1CCc1ccncc1. The van der Waals surface area contributed by atoms with Crippen molar-refractivity contribution in [1.82, 2.24) is 15.2 Å². The van der Waals surface area contributed by atoms with E-state index < -0.39 is 0 Å². The first-order valence-corrected chi connectivity index (χ1v) is 7.22. The Kier molecular flexibility index (Phi) is 5.33. The first-order valence-electron chi connectivity index (χ1n) is 7.22. The molecule has 2 rings (SSSR count). The Hall–Kier alpha value is -1.42. The number of pyridine rings is 1. The Morgan fingerprint density at radius 3 is 2.95 bits per heavy atom. The van der Waals surface area contributed by atoms with Crippen molar-refractivity contribution in [3.05, 3.63) is 30.1 Å². The van der Waals surface area contributed by atoms with Gasteiger partial charge in [-0.1, -0.05) is 19.8 Å². The summed E-state index contributed by atoms with van der Waals surface area (Å²) in [5, 5.41) is 2.98. The average Bonchev–Trinajstić information content (AvgIpc) is 2.45. The quantitative estimate of drug-likeness (QED) is 0.846. The van der Waals surface area contributed by atoms with E-state index in [0.29, 0.717) is 0 Å². The van der Waals surface area contributed by atoms with E-state index in [2.05, 4.69) is 22.1 Å². The van der Waals surface area contributed by atoms with E-state index in [-0.39, 0.29) is 11.9 Å². The molecule has 4 nitrogen and oxygen atoms in total. The molecule has 0 saturated carbocycles. The van der Waals surface area contributed by atoms with Crippen LogP contribution in [0.4, 0.5) is 0 Å². The first-order chi connectivity index (χ1) is 9.31. The molecule has 1 fully saturated rings. The monoisotopic (exact) mass is 261 g/mol. The van der Waals surface area contributed by atoms with Crippen LogP contribution in [0.1, 0.15) is 31.7 Å². The van der Waals surface area contributed by atoms with Crippen LogP contribution in [0.25, 0.3) is 0 Å². The summed E-state index contributed by atoms with van der Waals surface area (Å²) in [5.41, 5.74) is 1.29. The molecule has 0 unspecified atom stereocenters. The van der Waals surface area contributed by atoms with E-state index in [4.69, 9.17) is 0 Å². The third-order valence-corrected chi connectivity index (χ3v) is 3.71. The molecule has 0 aromatic carbocycles. The minimum absolute atomic E-state index is 0.0653. The summed E-state index contributed by atoms with van der Waals surface area (Å²) in [6, 6.07) is 4.16. The zero-order valence-electron chi connectivity index (χ0n) is 11.6. The molecule has 0 bridgehead atoms. The maximum absolute atomic E-state index is 12.0. The smallest absolute Gasteiger partial charge is 0.237 e. The van der Waals surface area contributed by atoms with Gasteiger partial charge in [0.1, 0.15) is 0 Å². The van der Waals surface area contributed by atoms with Crippen molar-refractivity contribution in [3.8, 4) is 0 Å². The molecule has 1 aromatic rings. The molecule has 1 aliphatic heterocycles. The van der Waals surface area contributed by atoms with Gasteiger partial charge < -0.3 is 5.32 Å². The van der Waals surface area contributed by atoms with Gasteiger partial charge in [-0.15, -0.1) is 0 Å². The second-order valence-electron chi connectivity index (χ2n) is 5.09. The van der Waals surface area contributed by atoms with Gasteiger partial charge in [-0.05, 0) is 30.5 Å². The highest BCUT2D eigenvalue weighted by Crippen LogP contribution is 2.13. The highest BCUT2D eigenvalue weighted by Gasteiger charge is 2.28. The van der Waals surface area contributed by atoms with Crippen LogP contribution >= 0.6 is 0 Å². The lowest BCUT2D eigenvalue weighted by Gasteiger charge is -2.35. The fraction of sp³-hybridized carbons (Fsp3) is 0.600. The number of carbonyl (C=O) groups is 1. The average molecular weight is 261 g/mol. The van der Waals surface area contributed by atoms with Gasteiger partial charge in [0.15, 0.2) is 0 Å². The standard InChI is InChI=1S/C15H23N3O/c1-2-3-4-14-15(19)17-10-12-18(14)11-7-13-5-8-16-9-6-13/h5-6,8-9,14H,2-4,7,10-12H2,1H3,(H,17,19)/t14-/m0/s1. The number of rotatable bonds is 6. The van der Waals surface area contributed by atoms with Crippen molar-refractivity contribution in [2.75, 3.05) is 19.6 Å². The van der Waals surface area contributed by atoms with Crippen LogP contribution in [0, 0.1) is 0 Å². The molecule has 1 saturated heterocycles. The molecule has 4 heteroatoms. The number of carbonyl (C=O) groups excluding carboxylic acids is 1. The Morgan fingerprint density at radius 1 is 1.42 bits per heavy atom. The second kappa shape index (κ2) is 7.24. The third kappa shape index (κ3) is 4.03. The number of unbranched alkanes of at least 4 members (excludes halogenated alkanes) is 1. The van der Waals surface area contributed by atoms with Gasteiger partial charge in [0.05, 0.1) is 6.04 Å². The van der Waals surface area contributed by atoms with Crippen molar-refractivity contribution in [3.63, 3.8) is 0 Å². The molecule has 1 aromatic heterocycles. The first kappa shape index (κ1) is 14.0. The van der Waals surface area contributed by atoms with Crippen molar-refractivity contribution < 1.29 is 4.79 Å². The summed E-state index contributed by atoms with van der Waals surface area (Å²) in [7, 11) is 0. The molecule has 1 amide bonds. The van der Waals surface area contributed by atoms with E-state index in [0.717, 1.165) is 45.3 Å². The number of nitrogens with one attached hydrogen (secondary N) is 1. The lowest BCUT2D eigenvalue weighted by atomic mass is 10.0. The zero-order valence-corrected chi connectivity index (χ0v) is 11.6. The van der Waals surface area contributed by atoms with Gasteiger partial charge in [0.25, 0.3) is 0 Å². The van der Waals surface area contributed by atoms with Crippen LogP contribution in [0.2, 0.25) is 0 Å². The normalized spacial score (nSPS) is 20.3. The number of nitrogens with zero attached hydrogens (tertiary/aromatic N) is 2. The van der Waals surface area contributed by atoms with E-state index in [1.807, 2.05) is 24.5 Å². The lowest BCUT2D eigenvalue weighted by Crippen LogP contribution is -2.55. The third-order valence-electron chi connectivity index (χ3n) is 3.71. The molecule has 19 heavy (non-hydrogen) atoms. The fourth-order valence-corrected chi connectivity index (χ4v) is 2.56. The number of hydrogen-bond donors (Lipinski definition) is 1. The second-order valence-corrected chi connectivity index (χ2v) is 5.09. The molecule has 1 atom stereocenters. The fourth-order valence-electron chi connectivity index (χ4n) is 2.56. The highest BCUT2D eigenvalue weighted by atomic mass is 16.2. The zero-order chi connectivity index (χ0) is 13.5.